The van der Waals surface area contributed by atoms with Gasteiger partial charge in [0.15, 0.2) is 5.65 Å². The van der Waals surface area contributed by atoms with Crippen LogP contribution in [0.1, 0.15) is 30.8 Å². The smallest absolute Gasteiger partial charge is 0.348 e. The molecule has 0 amide bonds. The lowest BCUT2D eigenvalue weighted by atomic mass is 10.0. The first-order valence-electron chi connectivity index (χ1n) is 8.15. The van der Waals surface area contributed by atoms with E-state index in [1.54, 1.807) is 24.3 Å². The first-order valence-corrected chi connectivity index (χ1v) is 8.15. The number of anilines is 1. The Bertz CT molecular complexity index is 952. The molecule has 2 atom stereocenters. The second-order valence-electron chi connectivity index (χ2n) is 6.51. The molecular formula is C17H15F4N5. The van der Waals surface area contributed by atoms with Crippen LogP contribution in [0.3, 0.4) is 0 Å². The Morgan fingerprint density at radius 1 is 1.08 bits per heavy atom. The number of hydrogen-bond donors (Lipinski definition) is 0. The van der Waals surface area contributed by atoms with E-state index in [-0.39, 0.29) is 23.4 Å². The van der Waals surface area contributed by atoms with Gasteiger partial charge in [0.25, 0.3) is 5.82 Å². The number of benzene rings is 1. The highest BCUT2D eigenvalue weighted by molar-refractivity contribution is 5.49. The van der Waals surface area contributed by atoms with Crippen molar-refractivity contribution >= 4 is 11.5 Å². The summed E-state index contributed by atoms with van der Waals surface area (Å²) in [6.45, 7) is 2.59. The molecule has 1 aliphatic heterocycles. The molecule has 136 valence electrons. The maximum atomic E-state index is 14.3. The van der Waals surface area contributed by atoms with E-state index < -0.39 is 12.0 Å². The van der Waals surface area contributed by atoms with E-state index in [1.165, 1.54) is 12.1 Å². The van der Waals surface area contributed by atoms with Crippen LogP contribution in [-0.2, 0) is 6.18 Å². The number of fused-ring (bicyclic) bond motifs is 1. The topological polar surface area (TPSA) is 46.3 Å². The Kier molecular flexibility index (Phi) is 3.82. The molecule has 0 bridgehead atoms. The lowest BCUT2D eigenvalue weighted by molar-refractivity contribution is -0.146. The van der Waals surface area contributed by atoms with Gasteiger partial charge in [-0.15, -0.1) is 15.3 Å². The third-order valence-corrected chi connectivity index (χ3v) is 4.57. The molecule has 1 fully saturated rings. The lowest BCUT2D eigenvalue weighted by Crippen LogP contribution is -2.26. The Hall–Kier alpha value is -2.71. The van der Waals surface area contributed by atoms with Crippen molar-refractivity contribution in [3.63, 3.8) is 0 Å². The van der Waals surface area contributed by atoms with Crippen LogP contribution < -0.4 is 4.90 Å². The number of alkyl halides is 3. The molecule has 1 aromatic carbocycles. The summed E-state index contributed by atoms with van der Waals surface area (Å²) in [5, 5.41) is 10.8. The standard InChI is InChI=1S/C17H15F4N5/c1-10-8-13(11-4-2-3-5-12(11)18)25(9-10)15-7-6-14-22-23-16(17(19,20)21)26(14)24-15/h2-7,10,13H,8-9H2,1H3. The molecule has 0 N–H and O–H groups in total. The van der Waals surface area contributed by atoms with Gasteiger partial charge in [-0.2, -0.15) is 17.7 Å². The van der Waals surface area contributed by atoms with Gasteiger partial charge in [0.2, 0.25) is 0 Å². The predicted molar refractivity (Wildman–Crippen MR) is 86.1 cm³/mol. The first kappa shape index (κ1) is 16.7. The van der Waals surface area contributed by atoms with E-state index in [0.717, 1.165) is 0 Å². The second kappa shape index (κ2) is 5.93. The van der Waals surface area contributed by atoms with Gasteiger partial charge in [-0.05, 0) is 30.5 Å². The van der Waals surface area contributed by atoms with E-state index in [4.69, 9.17) is 0 Å². The van der Waals surface area contributed by atoms with Crippen molar-refractivity contribution in [2.45, 2.75) is 25.6 Å². The highest BCUT2D eigenvalue weighted by atomic mass is 19.4. The summed E-state index contributed by atoms with van der Waals surface area (Å²) >= 11 is 0. The van der Waals surface area contributed by atoms with Crippen LogP contribution in [0.25, 0.3) is 5.65 Å². The minimum Gasteiger partial charge on any atom is -0.348 e. The fourth-order valence-corrected chi connectivity index (χ4v) is 3.45. The maximum Gasteiger partial charge on any atom is 0.453 e. The largest absolute Gasteiger partial charge is 0.453 e. The normalized spacial score (nSPS) is 20.9. The van der Waals surface area contributed by atoms with Gasteiger partial charge >= 0.3 is 6.18 Å². The maximum absolute atomic E-state index is 14.3. The van der Waals surface area contributed by atoms with E-state index in [2.05, 4.69) is 15.3 Å². The van der Waals surface area contributed by atoms with E-state index in [0.29, 0.717) is 28.9 Å². The molecule has 1 aliphatic rings. The number of halogens is 4. The zero-order valence-corrected chi connectivity index (χ0v) is 13.8. The molecule has 1 saturated heterocycles. The molecule has 3 heterocycles. The second-order valence-corrected chi connectivity index (χ2v) is 6.51. The average Bonchev–Trinajstić information content (AvgIpc) is 3.17. The third-order valence-electron chi connectivity index (χ3n) is 4.57. The minimum absolute atomic E-state index is 0.00996. The number of hydrogen-bond acceptors (Lipinski definition) is 4. The van der Waals surface area contributed by atoms with Gasteiger partial charge in [0, 0.05) is 12.1 Å². The summed E-state index contributed by atoms with van der Waals surface area (Å²) in [6, 6.07) is 9.18. The molecule has 2 unspecified atom stereocenters. The molecule has 0 radical (unpaired) electrons. The summed E-state index contributed by atoms with van der Waals surface area (Å²) in [5.41, 5.74) is 0.523. The van der Waals surface area contributed by atoms with Crippen molar-refractivity contribution in [2.75, 3.05) is 11.4 Å². The molecule has 9 heteroatoms. The lowest BCUT2D eigenvalue weighted by Gasteiger charge is -2.26. The Balaban J connectivity index is 1.79. The van der Waals surface area contributed by atoms with Crippen LogP contribution >= 0.6 is 0 Å². The SMILES string of the molecule is CC1CC(c2ccccc2F)N(c2ccc3nnc(C(F)(F)F)n3n2)C1. The Morgan fingerprint density at radius 2 is 1.85 bits per heavy atom. The van der Waals surface area contributed by atoms with Crippen molar-refractivity contribution in [1.82, 2.24) is 19.8 Å². The summed E-state index contributed by atoms with van der Waals surface area (Å²) in [4.78, 5) is 1.84. The van der Waals surface area contributed by atoms with E-state index >= 15 is 0 Å². The van der Waals surface area contributed by atoms with Crippen LogP contribution in [0.4, 0.5) is 23.4 Å². The zero-order chi connectivity index (χ0) is 18.5. The number of nitrogens with zero attached hydrogens (tertiary/aromatic N) is 5. The predicted octanol–water partition coefficient (Wildman–Crippen LogP) is 3.87. The highest BCUT2D eigenvalue weighted by Crippen LogP contribution is 2.39. The molecular weight excluding hydrogens is 350 g/mol. The Labute approximate surface area is 146 Å². The van der Waals surface area contributed by atoms with Crippen molar-refractivity contribution in [3.8, 4) is 0 Å². The fourth-order valence-electron chi connectivity index (χ4n) is 3.45. The van der Waals surface area contributed by atoms with Crippen LogP contribution in [0.5, 0.6) is 0 Å². The molecule has 3 aromatic rings. The molecule has 5 nitrogen and oxygen atoms in total. The average molecular weight is 365 g/mol. The van der Waals surface area contributed by atoms with Crippen molar-refractivity contribution in [2.24, 2.45) is 5.92 Å². The molecule has 26 heavy (non-hydrogen) atoms. The third kappa shape index (κ3) is 2.77. The summed E-state index contributed by atoms with van der Waals surface area (Å²) in [7, 11) is 0. The van der Waals surface area contributed by atoms with Gasteiger partial charge in [-0.1, -0.05) is 25.1 Å². The highest BCUT2D eigenvalue weighted by Gasteiger charge is 2.38. The van der Waals surface area contributed by atoms with Gasteiger partial charge < -0.3 is 4.90 Å². The van der Waals surface area contributed by atoms with Crippen LogP contribution in [-0.4, -0.2) is 26.4 Å². The van der Waals surface area contributed by atoms with Gasteiger partial charge in [0.1, 0.15) is 11.6 Å². The number of aromatic nitrogens is 4. The van der Waals surface area contributed by atoms with Crippen LogP contribution in [0.2, 0.25) is 0 Å². The molecule has 0 saturated carbocycles. The molecule has 2 aromatic heterocycles. The summed E-state index contributed by atoms with van der Waals surface area (Å²) < 4.78 is 54.2. The minimum atomic E-state index is -4.66. The van der Waals surface area contributed by atoms with Gasteiger partial charge in [0.05, 0.1) is 6.04 Å². The van der Waals surface area contributed by atoms with Crippen molar-refractivity contribution < 1.29 is 17.6 Å². The molecule has 4 rings (SSSR count). The fraction of sp³-hybridized carbons (Fsp3) is 0.353. The van der Waals surface area contributed by atoms with E-state index in [9.17, 15) is 17.6 Å². The number of rotatable bonds is 2. The van der Waals surface area contributed by atoms with Crippen molar-refractivity contribution in [1.29, 1.82) is 0 Å². The summed E-state index contributed by atoms with van der Waals surface area (Å²) in [5.74, 6) is -0.928. The van der Waals surface area contributed by atoms with Crippen LogP contribution in [0.15, 0.2) is 36.4 Å². The molecule has 0 spiro atoms. The van der Waals surface area contributed by atoms with Crippen molar-refractivity contribution in [3.05, 3.63) is 53.6 Å². The van der Waals surface area contributed by atoms with E-state index in [1.807, 2.05) is 11.8 Å². The first-order chi connectivity index (χ1) is 12.3. The zero-order valence-electron chi connectivity index (χ0n) is 13.8. The van der Waals surface area contributed by atoms with Crippen LogP contribution in [0, 0.1) is 11.7 Å². The summed E-state index contributed by atoms with van der Waals surface area (Å²) in [6.07, 6.45) is -3.97. The monoisotopic (exact) mass is 365 g/mol. The molecule has 0 aliphatic carbocycles. The van der Waals surface area contributed by atoms with Gasteiger partial charge in [-0.25, -0.2) is 4.39 Å². The quantitative estimate of drug-likeness (QED) is 0.647. The Morgan fingerprint density at radius 3 is 2.58 bits per heavy atom. The van der Waals surface area contributed by atoms with Gasteiger partial charge in [-0.3, -0.25) is 0 Å².